The molecule has 0 fully saturated rings. The van der Waals surface area contributed by atoms with Crippen LogP contribution in [0.3, 0.4) is 0 Å². The highest BCUT2D eigenvalue weighted by atomic mass is 16.4. The molecule has 0 saturated carbocycles. The van der Waals surface area contributed by atoms with Crippen molar-refractivity contribution in [3.8, 4) is 0 Å². The monoisotopic (exact) mass is 266 g/mol. The lowest BCUT2D eigenvalue weighted by Crippen LogP contribution is -2.30. The molecule has 1 aromatic carbocycles. The molecule has 0 saturated heterocycles. The second-order valence-electron chi connectivity index (χ2n) is 4.06. The summed E-state index contributed by atoms with van der Waals surface area (Å²) in [5, 5.41) is 11.4. The van der Waals surface area contributed by atoms with Gasteiger partial charge in [0, 0.05) is 12.1 Å². The molecule has 1 atom stereocenters. The van der Waals surface area contributed by atoms with Gasteiger partial charge in [0.1, 0.15) is 6.04 Å². The Labute approximate surface area is 113 Å². The zero-order valence-corrected chi connectivity index (χ0v) is 10.1. The summed E-state index contributed by atoms with van der Waals surface area (Å²) in [6.07, 6.45) is 1.83. The Morgan fingerprint density at radius 2 is 1.84 bits per heavy atom. The maximum atomic E-state index is 11.6. The van der Waals surface area contributed by atoms with E-state index in [0.717, 1.165) is 6.42 Å². The molecule has 1 unspecified atom stereocenters. The molecule has 0 aliphatic rings. The first kappa shape index (κ1) is 17.1. The summed E-state index contributed by atoms with van der Waals surface area (Å²) in [6, 6.07) is 8.15. The number of benzene rings is 1. The molecule has 5 nitrogen and oxygen atoms in total. The largest absolute Gasteiger partial charge is 0.480 e. The average molecular weight is 266 g/mol. The second kappa shape index (κ2) is 9.10. The first-order chi connectivity index (χ1) is 8.61. The van der Waals surface area contributed by atoms with Gasteiger partial charge in [0.05, 0.1) is 0 Å². The van der Waals surface area contributed by atoms with Crippen LogP contribution in [0.1, 0.15) is 37.0 Å². The Hall–Kier alpha value is -1.88. The smallest absolute Gasteiger partial charge is 0.320 e. The van der Waals surface area contributed by atoms with Gasteiger partial charge in [-0.25, -0.2) is 0 Å². The molecular weight excluding hydrogens is 244 g/mol. The van der Waals surface area contributed by atoms with E-state index >= 15 is 0 Å². The van der Waals surface area contributed by atoms with Crippen molar-refractivity contribution in [1.82, 2.24) is 5.32 Å². The SMILES string of the molecule is C.NC(CCCCNC(=O)c1ccccc1)C(=O)O. The predicted molar refractivity (Wildman–Crippen MR) is 75.0 cm³/mol. The van der Waals surface area contributed by atoms with E-state index in [9.17, 15) is 9.59 Å². The van der Waals surface area contributed by atoms with Gasteiger partial charge in [-0.2, -0.15) is 0 Å². The predicted octanol–water partition coefficient (Wildman–Crippen LogP) is 1.63. The number of hydrogen-bond acceptors (Lipinski definition) is 3. The Kier molecular flexibility index (Phi) is 8.20. The van der Waals surface area contributed by atoms with Crippen molar-refractivity contribution in [2.45, 2.75) is 32.7 Å². The molecule has 4 N–H and O–H groups in total. The maximum absolute atomic E-state index is 11.6. The number of unbranched alkanes of at least 4 members (excludes halogenated alkanes) is 1. The number of aliphatic carboxylic acids is 1. The van der Waals surface area contributed by atoms with Gasteiger partial charge in [0.25, 0.3) is 5.91 Å². The van der Waals surface area contributed by atoms with Crippen LogP contribution in [0.15, 0.2) is 30.3 Å². The van der Waals surface area contributed by atoms with Crippen LogP contribution in [0.2, 0.25) is 0 Å². The van der Waals surface area contributed by atoms with Crippen molar-refractivity contribution in [2.24, 2.45) is 5.73 Å². The molecule has 0 bridgehead atoms. The number of hydrogen-bond donors (Lipinski definition) is 3. The molecule has 0 spiro atoms. The topological polar surface area (TPSA) is 92.4 Å². The Bertz CT molecular complexity index is 393. The average Bonchev–Trinajstić information content (AvgIpc) is 2.38. The minimum absolute atomic E-state index is 0. The first-order valence-corrected chi connectivity index (χ1v) is 5.93. The minimum Gasteiger partial charge on any atom is -0.480 e. The summed E-state index contributed by atoms with van der Waals surface area (Å²) in [4.78, 5) is 22.1. The van der Waals surface area contributed by atoms with Crippen molar-refractivity contribution < 1.29 is 14.7 Å². The van der Waals surface area contributed by atoms with Crippen molar-refractivity contribution in [2.75, 3.05) is 6.54 Å². The molecule has 0 aliphatic heterocycles. The van der Waals surface area contributed by atoms with Gasteiger partial charge in [0.2, 0.25) is 0 Å². The number of nitrogens with one attached hydrogen (secondary N) is 1. The van der Waals surface area contributed by atoms with E-state index in [1.807, 2.05) is 6.07 Å². The molecule has 1 rings (SSSR count). The molecule has 0 radical (unpaired) electrons. The fourth-order valence-corrected chi connectivity index (χ4v) is 1.51. The molecule has 0 heterocycles. The number of carbonyl (C=O) groups is 2. The normalized spacial score (nSPS) is 11.2. The summed E-state index contributed by atoms with van der Waals surface area (Å²) >= 11 is 0. The molecule has 0 aromatic heterocycles. The number of carboxylic acids is 1. The summed E-state index contributed by atoms with van der Waals surface area (Å²) in [5.74, 6) is -1.10. The third-order valence-electron chi connectivity index (χ3n) is 2.58. The van der Waals surface area contributed by atoms with Gasteiger partial charge in [-0.15, -0.1) is 0 Å². The number of rotatable bonds is 7. The highest BCUT2D eigenvalue weighted by Gasteiger charge is 2.10. The van der Waals surface area contributed by atoms with Gasteiger partial charge in [-0.05, 0) is 31.4 Å². The van der Waals surface area contributed by atoms with Crippen LogP contribution in [0, 0.1) is 0 Å². The second-order valence-corrected chi connectivity index (χ2v) is 4.06. The molecule has 0 aliphatic carbocycles. The zero-order chi connectivity index (χ0) is 13.4. The van der Waals surface area contributed by atoms with Crippen LogP contribution < -0.4 is 11.1 Å². The first-order valence-electron chi connectivity index (χ1n) is 5.93. The van der Waals surface area contributed by atoms with Crippen LogP contribution in [0.4, 0.5) is 0 Å². The third kappa shape index (κ3) is 6.57. The molecule has 5 heteroatoms. The molecule has 19 heavy (non-hydrogen) atoms. The lowest BCUT2D eigenvalue weighted by molar-refractivity contribution is -0.138. The quantitative estimate of drug-likeness (QED) is 0.654. The van der Waals surface area contributed by atoms with Crippen molar-refractivity contribution in [1.29, 1.82) is 0 Å². The lowest BCUT2D eigenvalue weighted by atomic mass is 10.1. The molecule has 106 valence electrons. The summed E-state index contributed by atoms with van der Waals surface area (Å²) in [6.45, 7) is 0.528. The minimum atomic E-state index is -0.983. The molecule has 1 aromatic rings. The van der Waals surface area contributed by atoms with E-state index in [4.69, 9.17) is 10.8 Å². The van der Waals surface area contributed by atoms with Crippen molar-refractivity contribution in [3.05, 3.63) is 35.9 Å². The summed E-state index contributed by atoms with van der Waals surface area (Å²) in [5.41, 5.74) is 5.99. The Balaban J connectivity index is 0.00000324. The number of carbonyl (C=O) groups excluding carboxylic acids is 1. The van der Waals surface area contributed by atoms with Gasteiger partial charge in [0.15, 0.2) is 0 Å². The Morgan fingerprint density at radius 3 is 2.42 bits per heavy atom. The van der Waals surface area contributed by atoms with Crippen LogP contribution >= 0.6 is 0 Å². The van der Waals surface area contributed by atoms with Gasteiger partial charge in [-0.3, -0.25) is 9.59 Å². The number of carboxylic acid groups (broad SMARTS) is 1. The fourth-order valence-electron chi connectivity index (χ4n) is 1.51. The van der Waals surface area contributed by atoms with Gasteiger partial charge < -0.3 is 16.2 Å². The van der Waals surface area contributed by atoms with E-state index in [0.29, 0.717) is 24.9 Å². The number of nitrogens with two attached hydrogens (primary N) is 1. The summed E-state index contributed by atoms with van der Waals surface area (Å²) < 4.78 is 0. The van der Waals surface area contributed by atoms with Crippen LogP contribution in [-0.2, 0) is 4.79 Å². The zero-order valence-electron chi connectivity index (χ0n) is 10.1. The van der Waals surface area contributed by atoms with E-state index < -0.39 is 12.0 Å². The van der Waals surface area contributed by atoms with Gasteiger partial charge >= 0.3 is 5.97 Å². The van der Waals surface area contributed by atoms with E-state index in [-0.39, 0.29) is 13.3 Å². The lowest BCUT2D eigenvalue weighted by Gasteiger charge is -2.07. The third-order valence-corrected chi connectivity index (χ3v) is 2.58. The van der Waals surface area contributed by atoms with Crippen LogP contribution in [0.25, 0.3) is 0 Å². The highest BCUT2D eigenvalue weighted by molar-refractivity contribution is 5.94. The van der Waals surface area contributed by atoms with E-state index in [1.165, 1.54) is 0 Å². The molecular formula is C14H22N2O3. The number of amides is 1. The van der Waals surface area contributed by atoms with Crippen LogP contribution in [-0.4, -0.2) is 29.6 Å². The van der Waals surface area contributed by atoms with Crippen molar-refractivity contribution in [3.63, 3.8) is 0 Å². The summed E-state index contributed by atoms with van der Waals surface area (Å²) in [7, 11) is 0. The van der Waals surface area contributed by atoms with Crippen LogP contribution in [0.5, 0.6) is 0 Å². The van der Waals surface area contributed by atoms with Gasteiger partial charge in [-0.1, -0.05) is 25.6 Å². The molecule has 1 amide bonds. The van der Waals surface area contributed by atoms with E-state index in [1.54, 1.807) is 24.3 Å². The van der Waals surface area contributed by atoms with Crippen molar-refractivity contribution >= 4 is 11.9 Å². The Morgan fingerprint density at radius 1 is 1.21 bits per heavy atom. The highest BCUT2D eigenvalue weighted by Crippen LogP contribution is 2.00. The standard InChI is InChI=1S/C13H18N2O3.CH4/c14-11(13(17)18)8-4-5-9-15-12(16)10-6-2-1-3-7-10;/h1-3,6-7,11H,4-5,8-9,14H2,(H,15,16)(H,17,18);1H4. The maximum Gasteiger partial charge on any atom is 0.320 e. The van der Waals surface area contributed by atoms with E-state index in [2.05, 4.69) is 5.32 Å². The fraction of sp³-hybridized carbons (Fsp3) is 0.429.